The minimum atomic E-state index is 0.110. The van der Waals surface area contributed by atoms with Crippen LogP contribution in [-0.2, 0) is 6.42 Å². The van der Waals surface area contributed by atoms with Gasteiger partial charge in [-0.25, -0.2) is 4.98 Å². The molecule has 0 amide bonds. The van der Waals surface area contributed by atoms with Crippen LogP contribution in [0.2, 0.25) is 0 Å². The Bertz CT molecular complexity index is 398. The number of hydrogen-bond acceptors (Lipinski definition) is 3. The van der Waals surface area contributed by atoms with E-state index in [1.165, 1.54) is 0 Å². The number of imidazole rings is 1. The highest BCUT2D eigenvalue weighted by Crippen LogP contribution is 2.11. The van der Waals surface area contributed by atoms with Crippen LogP contribution in [0.1, 0.15) is 5.69 Å². The number of hydrogen-bond donors (Lipinski definition) is 1. The predicted octanol–water partition coefficient (Wildman–Crippen LogP) is 0.802. The second kappa shape index (κ2) is 4.02. The molecule has 0 aliphatic rings. The number of rotatable bonds is 3. The third-order valence-electron chi connectivity index (χ3n) is 2.00. The van der Waals surface area contributed by atoms with Crippen molar-refractivity contribution in [1.82, 2.24) is 14.5 Å². The zero-order valence-electron chi connectivity index (χ0n) is 7.67. The van der Waals surface area contributed by atoms with E-state index in [0.29, 0.717) is 6.42 Å². The zero-order chi connectivity index (χ0) is 9.80. The highest BCUT2D eigenvalue weighted by molar-refractivity contribution is 5.36. The molecule has 2 heterocycles. The number of aliphatic hydroxyl groups excluding tert-OH is 1. The van der Waals surface area contributed by atoms with Crippen LogP contribution in [-0.4, -0.2) is 26.2 Å². The molecule has 4 heteroatoms. The number of aliphatic hydroxyl groups is 1. The summed E-state index contributed by atoms with van der Waals surface area (Å²) in [6, 6.07) is 3.83. The van der Waals surface area contributed by atoms with Crippen molar-refractivity contribution in [1.29, 1.82) is 0 Å². The maximum Gasteiger partial charge on any atom is 0.0992 e. The molecule has 72 valence electrons. The average Bonchev–Trinajstić information content (AvgIpc) is 2.72. The molecule has 0 aliphatic heterocycles. The highest BCUT2D eigenvalue weighted by Gasteiger charge is 2.03. The number of aromatic nitrogens is 3. The summed E-state index contributed by atoms with van der Waals surface area (Å²) in [5.41, 5.74) is 1.85. The average molecular weight is 189 g/mol. The Hall–Kier alpha value is -1.68. The van der Waals surface area contributed by atoms with Crippen molar-refractivity contribution in [2.75, 3.05) is 6.61 Å². The van der Waals surface area contributed by atoms with E-state index >= 15 is 0 Å². The van der Waals surface area contributed by atoms with Gasteiger partial charge in [0.1, 0.15) is 0 Å². The van der Waals surface area contributed by atoms with Crippen LogP contribution >= 0.6 is 0 Å². The smallest absolute Gasteiger partial charge is 0.0992 e. The van der Waals surface area contributed by atoms with Crippen LogP contribution in [0.15, 0.2) is 37.1 Å². The first-order chi connectivity index (χ1) is 6.92. The van der Waals surface area contributed by atoms with E-state index in [1.54, 1.807) is 18.7 Å². The Balaban J connectivity index is 2.42. The lowest BCUT2D eigenvalue weighted by Crippen LogP contribution is -2.02. The van der Waals surface area contributed by atoms with Crippen molar-refractivity contribution >= 4 is 0 Å². The molecule has 0 aliphatic carbocycles. The van der Waals surface area contributed by atoms with Gasteiger partial charge in [0.15, 0.2) is 0 Å². The Labute approximate surface area is 81.9 Å². The van der Waals surface area contributed by atoms with E-state index in [1.807, 2.05) is 22.9 Å². The summed E-state index contributed by atoms with van der Waals surface area (Å²) in [5, 5.41) is 8.88. The third-order valence-corrected chi connectivity index (χ3v) is 2.00. The van der Waals surface area contributed by atoms with Crippen molar-refractivity contribution in [2.45, 2.75) is 6.42 Å². The summed E-state index contributed by atoms with van der Waals surface area (Å²) in [7, 11) is 0. The number of pyridine rings is 1. The summed E-state index contributed by atoms with van der Waals surface area (Å²) in [4.78, 5) is 8.19. The summed E-state index contributed by atoms with van der Waals surface area (Å²) >= 11 is 0. The fourth-order valence-corrected chi connectivity index (χ4v) is 1.36. The van der Waals surface area contributed by atoms with Crippen molar-refractivity contribution in [3.05, 3.63) is 42.7 Å². The minimum Gasteiger partial charge on any atom is -0.396 e. The monoisotopic (exact) mass is 189 g/mol. The van der Waals surface area contributed by atoms with E-state index in [4.69, 9.17) is 5.11 Å². The van der Waals surface area contributed by atoms with Crippen molar-refractivity contribution in [2.24, 2.45) is 0 Å². The van der Waals surface area contributed by atoms with Gasteiger partial charge in [0, 0.05) is 31.6 Å². The first kappa shape index (κ1) is 8.90. The lowest BCUT2D eigenvalue weighted by molar-refractivity contribution is 0.298. The molecule has 1 N–H and O–H groups in total. The van der Waals surface area contributed by atoms with Gasteiger partial charge in [-0.2, -0.15) is 0 Å². The van der Waals surface area contributed by atoms with Crippen LogP contribution in [0.5, 0.6) is 0 Å². The number of nitrogens with zero attached hydrogens (tertiary/aromatic N) is 3. The Morgan fingerprint density at radius 2 is 2.29 bits per heavy atom. The molecule has 0 spiro atoms. The lowest BCUT2D eigenvalue weighted by atomic mass is 10.2. The van der Waals surface area contributed by atoms with E-state index in [-0.39, 0.29) is 6.61 Å². The van der Waals surface area contributed by atoms with Crippen LogP contribution in [0.3, 0.4) is 0 Å². The molecule has 0 bridgehead atoms. The van der Waals surface area contributed by atoms with Gasteiger partial charge in [-0.15, -0.1) is 0 Å². The molecular formula is C10H11N3O. The van der Waals surface area contributed by atoms with E-state index in [0.717, 1.165) is 11.4 Å². The van der Waals surface area contributed by atoms with Gasteiger partial charge in [-0.3, -0.25) is 4.98 Å². The molecule has 0 unspecified atom stereocenters. The third kappa shape index (κ3) is 1.65. The van der Waals surface area contributed by atoms with Gasteiger partial charge in [0.05, 0.1) is 17.7 Å². The molecule has 4 nitrogen and oxygen atoms in total. The summed E-state index contributed by atoms with van der Waals surface area (Å²) in [5.74, 6) is 0. The van der Waals surface area contributed by atoms with Crippen LogP contribution in [0.25, 0.3) is 5.69 Å². The molecule has 0 fully saturated rings. The van der Waals surface area contributed by atoms with Gasteiger partial charge in [0.25, 0.3) is 0 Å². The lowest BCUT2D eigenvalue weighted by Gasteiger charge is -2.06. The largest absolute Gasteiger partial charge is 0.396 e. The Morgan fingerprint density at radius 3 is 3.00 bits per heavy atom. The van der Waals surface area contributed by atoms with Crippen molar-refractivity contribution in [3.8, 4) is 5.69 Å². The molecule has 0 radical (unpaired) electrons. The summed E-state index contributed by atoms with van der Waals surface area (Å²) < 4.78 is 1.89. The topological polar surface area (TPSA) is 50.9 Å². The fourth-order valence-electron chi connectivity index (χ4n) is 1.36. The van der Waals surface area contributed by atoms with Crippen molar-refractivity contribution in [3.63, 3.8) is 0 Å². The van der Waals surface area contributed by atoms with E-state index in [2.05, 4.69) is 9.97 Å². The summed E-state index contributed by atoms with van der Waals surface area (Å²) in [6.07, 6.45) is 7.59. The zero-order valence-corrected chi connectivity index (χ0v) is 7.67. The maximum absolute atomic E-state index is 8.88. The maximum atomic E-state index is 8.88. The van der Waals surface area contributed by atoms with Gasteiger partial charge < -0.3 is 9.67 Å². The standard InChI is InChI=1S/C10H11N3O/c14-7-3-9-10(2-1-4-12-9)13-6-5-11-8-13/h1-2,4-6,8,14H,3,7H2. The molecule has 0 atom stereocenters. The molecular weight excluding hydrogens is 178 g/mol. The van der Waals surface area contributed by atoms with E-state index < -0.39 is 0 Å². The van der Waals surface area contributed by atoms with Crippen molar-refractivity contribution < 1.29 is 5.11 Å². The molecule has 0 aromatic carbocycles. The van der Waals surface area contributed by atoms with Crippen LogP contribution in [0.4, 0.5) is 0 Å². The summed E-state index contributed by atoms with van der Waals surface area (Å²) in [6.45, 7) is 0.110. The highest BCUT2D eigenvalue weighted by atomic mass is 16.3. The van der Waals surface area contributed by atoms with Gasteiger partial charge in [0.2, 0.25) is 0 Å². The first-order valence-electron chi connectivity index (χ1n) is 4.45. The first-order valence-corrected chi connectivity index (χ1v) is 4.45. The molecule has 14 heavy (non-hydrogen) atoms. The molecule has 0 saturated carbocycles. The van der Waals surface area contributed by atoms with Crippen LogP contribution < -0.4 is 0 Å². The van der Waals surface area contributed by atoms with Crippen LogP contribution in [0, 0.1) is 0 Å². The fraction of sp³-hybridized carbons (Fsp3) is 0.200. The molecule has 0 saturated heterocycles. The molecule has 2 aromatic rings. The van der Waals surface area contributed by atoms with E-state index in [9.17, 15) is 0 Å². The second-order valence-corrected chi connectivity index (χ2v) is 2.91. The van der Waals surface area contributed by atoms with Gasteiger partial charge in [-0.1, -0.05) is 0 Å². The minimum absolute atomic E-state index is 0.110. The Kier molecular flexibility index (Phi) is 2.55. The second-order valence-electron chi connectivity index (χ2n) is 2.91. The molecule has 2 aromatic heterocycles. The Morgan fingerprint density at radius 1 is 1.36 bits per heavy atom. The molecule has 2 rings (SSSR count). The van der Waals surface area contributed by atoms with Gasteiger partial charge >= 0.3 is 0 Å². The normalized spacial score (nSPS) is 10.4. The predicted molar refractivity (Wildman–Crippen MR) is 52.1 cm³/mol. The SMILES string of the molecule is OCCc1ncccc1-n1ccnc1. The quantitative estimate of drug-likeness (QED) is 0.777. The van der Waals surface area contributed by atoms with Gasteiger partial charge in [-0.05, 0) is 12.1 Å².